The number of nitrogens with one attached hydrogen (secondary N) is 1. The molecule has 0 aromatic heterocycles. The summed E-state index contributed by atoms with van der Waals surface area (Å²) < 4.78 is 5.18. The summed E-state index contributed by atoms with van der Waals surface area (Å²) >= 11 is 0. The SMILES string of the molecule is O=[N+]([O-])c1cc([N+](=O)[O-])c(OCCNc2ccccc2)c([N+](=O)[O-])c1. The van der Waals surface area contributed by atoms with Gasteiger partial charge in [-0.25, -0.2) is 0 Å². The molecule has 0 saturated carbocycles. The zero-order valence-electron chi connectivity index (χ0n) is 12.7. The van der Waals surface area contributed by atoms with Crippen LogP contribution in [-0.4, -0.2) is 27.9 Å². The number of nitrogens with zero attached hydrogens (tertiary/aromatic N) is 3. The minimum atomic E-state index is -0.958. The smallest absolute Gasteiger partial charge is 0.325 e. The number of ether oxygens (including phenoxy) is 1. The van der Waals surface area contributed by atoms with Crippen molar-refractivity contribution in [2.75, 3.05) is 18.5 Å². The van der Waals surface area contributed by atoms with Crippen LogP contribution in [0, 0.1) is 30.3 Å². The van der Waals surface area contributed by atoms with E-state index < -0.39 is 37.6 Å². The minimum absolute atomic E-state index is 0.117. The fourth-order valence-electron chi connectivity index (χ4n) is 2.01. The second-order valence-corrected chi connectivity index (χ2v) is 4.73. The lowest BCUT2D eigenvalue weighted by molar-refractivity contribution is -0.404. The standard InChI is InChI=1S/C14H12N4O7/c19-16(20)11-8-12(17(21)22)14(13(9-11)18(23)24)25-7-6-15-10-4-2-1-3-5-10/h1-5,8-9,15H,6-7H2. The van der Waals surface area contributed by atoms with Crippen molar-refractivity contribution in [1.82, 2.24) is 0 Å². The summed E-state index contributed by atoms with van der Waals surface area (Å²) in [4.78, 5) is 30.1. The van der Waals surface area contributed by atoms with E-state index in [1.165, 1.54) is 0 Å². The van der Waals surface area contributed by atoms with E-state index in [1.54, 1.807) is 24.3 Å². The summed E-state index contributed by atoms with van der Waals surface area (Å²) in [6, 6.07) is 10.3. The van der Waals surface area contributed by atoms with E-state index in [-0.39, 0.29) is 13.2 Å². The van der Waals surface area contributed by atoms with Crippen LogP contribution in [0.15, 0.2) is 42.5 Å². The molecule has 1 N–H and O–H groups in total. The summed E-state index contributed by atoms with van der Waals surface area (Å²) in [5.74, 6) is -0.615. The minimum Gasteiger partial charge on any atom is -0.480 e. The van der Waals surface area contributed by atoms with E-state index >= 15 is 0 Å². The third kappa shape index (κ3) is 4.37. The van der Waals surface area contributed by atoms with Crippen molar-refractivity contribution < 1.29 is 19.5 Å². The van der Waals surface area contributed by atoms with Crippen LogP contribution in [0.1, 0.15) is 0 Å². The number of hydrogen-bond acceptors (Lipinski definition) is 8. The molecule has 0 saturated heterocycles. The van der Waals surface area contributed by atoms with Crippen LogP contribution in [-0.2, 0) is 0 Å². The number of nitro groups is 3. The van der Waals surface area contributed by atoms with Crippen LogP contribution in [0.3, 0.4) is 0 Å². The van der Waals surface area contributed by atoms with Crippen molar-refractivity contribution in [2.24, 2.45) is 0 Å². The Morgan fingerprint density at radius 2 is 1.44 bits per heavy atom. The average molecular weight is 348 g/mol. The van der Waals surface area contributed by atoms with E-state index in [4.69, 9.17) is 4.74 Å². The Balaban J connectivity index is 2.21. The molecule has 0 amide bonds. The lowest BCUT2D eigenvalue weighted by Gasteiger charge is -2.09. The zero-order chi connectivity index (χ0) is 18.4. The molecule has 0 heterocycles. The van der Waals surface area contributed by atoms with Gasteiger partial charge < -0.3 is 10.1 Å². The van der Waals surface area contributed by atoms with Crippen molar-refractivity contribution in [3.63, 3.8) is 0 Å². The second kappa shape index (κ2) is 7.68. The van der Waals surface area contributed by atoms with E-state index in [0.29, 0.717) is 12.1 Å². The number of non-ortho nitro benzene ring substituents is 1. The van der Waals surface area contributed by atoms with E-state index in [2.05, 4.69) is 5.32 Å². The van der Waals surface area contributed by atoms with Crippen LogP contribution < -0.4 is 10.1 Å². The largest absolute Gasteiger partial charge is 0.480 e. The molecule has 0 atom stereocenters. The number of benzene rings is 2. The predicted molar refractivity (Wildman–Crippen MR) is 86.8 cm³/mol. The van der Waals surface area contributed by atoms with Gasteiger partial charge >= 0.3 is 11.4 Å². The fourth-order valence-corrected chi connectivity index (χ4v) is 2.01. The average Bonchev–Trinajstić information content (AvgIpc) is 2.58. The molecule has 0 aliphatic rings. The van der Waals surface area contributed by atoms with Crippen molar-refractivity contribution in [1.29, 1.82) is 0 Å². The first-order valence-corrected chi connectivity index (χ1v) is 6.93. The van der Waals surface area contributed by atoms with Crippen molar-refractivity contribution >= 4 is 22.7 Å². The number of nitro benzene ring substituents is 3. The molecule has 0 radical (unpaired) electrons. The fraction of sp³-hybridized carbons (Fsp3) is 0.143. The van der Waals surface area contributed by atoms with Crippen molar-refractivity contribution in [3.8, 4) is 5.75 Å². The van der Waals surface area contributed by atoms with Crippen LogP contribution in [0.2, 0.25) is 0 Å². The van der Waals surface area contributed by atoms with Crippen molar-refractivity contribution in [2.45, 2.75) is 0 Å². The molecule has 11 heteroatoms. The molecular formula is C14H12N4O7. The van der Waals surface area contributed by atoms with Gasteiger partial charge in [-0.2, -0.15) is 0 Å². The molecule has 0 spiro atoms. The lowest BCUT2D eigenvalue weighted by Crippen LogP contribution is -2.13. The predicted octanol–water partition coefficient (Wildman–Crippen LogP) is 2.90. The maximum atomic E-state index is 11.1. The number of para-hydroxylation sites is 1. The first-order chi connectivity index (χ1) is 11.9. The van der Waals surface area contributed by atoms with Gasteiger partial charge in [-0.3, -0.25) is 30.3 Å². The third-order valence-electron chi connectivity index (χ3n) is 3.09. The van der Waals surface area contributed by atoms with Crippen LogP contribution in [0.4, 0.5) is 22.7 Å². The molecule has 11 nitrogen and oxygen atoms in total. The number of hydrogen-bond donors (Lipinski definition) is 1. The van der Waals surface area contributed by atoms with Crippen LogP contribution in [0.25, 0.3) is 0 Å². The summed E-state index contributed by atoms with van der Waals surface area (Å²) in [6.45, 7) is 0.101. The third-order valence-corrected chi connectivity index (χ3v) is 3.09. The summed E-state index contributed by atoms with van der Waals surface area (Å²) in [7, 11) is 0. The van der Waals surface area contributed by atoms with Gasteiger partial charge in [0.2, 0.25) is 0 Å². The molecule has 2 aromatic rings. The summed E-state index contributed by atoms with van der Waals surface area (Å²) in [5, 5.41) is 35.9. The first-order valence-electron chi connectivity index (χ1n) is 6.93. The Labute approximate surface area is 140 Å². The molecule has 2 aromatic carbocycles. The van der Waals surface area contributed by atoms with Gasteiger partial charge in [0.25, 0.3) is 11.4 Å². The van der Waals surface area contributed by atoms with E-state index in [0.717, 1.165) is 5.69 Å². The molecule has 2 rings (SSSR count). The molecule has 0 bridgehead atoms. The highest BCUT2D eigenvalue weighted by molar-refractivity contribution is 5.65. The maximum Gasteiger partial charge on any atom is 0.325 e. The van der Waals surface area contributed by atoms with Crippen molar-refractivity contribution in [3.05, 3.63) is 72.8 Å². The normalized spacial score (nSPS) is 10.1. The monoisotopic (exact) mass is 348 g/mol. The number of rotatable bonds is 8. The van der Waals surface area contributed by atoms with Gasteiger partial charge in [0, 0.05) is 12.2 Å². The number of anilines is 1. The summed E-state index contributed by atoms with van der Waals surface area (Å²) in [6.07, 6.45) is 0. The Hall–Kier alpha value is -3.76. The Morgan fingerprint density at radius 3 is 1.92 bits per heavy atom. The highest BCUT2D eigenvalue weighted by Crippen LogP contribution is 2.40. The van der Waals surface area contributed by atoms with Crippen LogP contribution in [0.5, 0.6) is 5.75 Å². The van der Waals surface area contributed by atoms with Crippen LogP contribution >= 0.6 is 0 Å². The molecular weight excluding hydrogens is 336 g/mol. The quantitative estimate of drug-likeness (QED) is 0.434. The molecule has 0 aliphatic carbocycles. The first kappa shape index (κ1) is 17.6. The highest BCUT2D eigenvalue weighted by atomic mass is 16.6. The van der Waals surface area contributed by atoms with Gasteiger partial charge in [-0.05, 0) is 12.1 Å². The van der Waals surface area contributed by atoms with E-state index in [1.807, 2.05) is 6.07 Å². The lowest BCUT2D eigenvalue weighted by atomic mass is 10.2. The van der Waals surface area contributed by atoms with Gasteiger partial charge in [0.1, 0.15) is 6.61 Å². The van der Waals surface area contributed by atoms with Gasteiger partial charge in [0.05, 0.1) is 26.9 Å². The molecule has 25 heavy (non-hydrogen) atoms. The Morgan fingerprint density at radius 1 is 0.880 bits per heavy atom. The molecule has 130 valence electrons. The second-order valence-electron chi connectivity index (χ2n) is 4.73. The molecule has 0 unspecified atom stereocenters. The topological polar surface area (TPSA) is 151 Å². The maximum absolute atomic E-state index is 11.1. The Bertz CT molecular complexity index is 775. The molecule has 0 aliphatic heterocycles. The van der Waals surface area contributed by atoms with Gasteiger partial charge in [-0.15, -0.1) is 0 Å². The summed E-state index contributed by atoms with van der Waals surface area (Å²) in [5.41, 5.74) is -1.65. The van der Waals surface area contributed by atoms with Gasteiger partial charge in [0.15, 0.2) is 0 Å². The Kier molecular flexibility index (Phi) is 5.40. The molecule has 0 fully saturated rings. The highest BCUT2D eigenvalue weighted by Gasteiger charge is 2.32. The van der Waals surface area contributed by atoms with E-state index in [9.17, 15) is 30.3 Å². The van der Waals surface area contributed by atoms with Gasteiger partial charge in [-0.1, -0.05) is 18.2 Å². The zero-order valence-corrected chi connectivity index (χ0v) is 12.7.